The van der Waals surface area contributed by atoms with Gasteiger partial charge in [-0.05, 0) is 6.92 Å². The summed E-state index contributed by atoms with van der Waals surface area (Å²) in [5.41, 5.74) is 5.56. The highest BCUT2D eigenvalue weighted by Gasteiger charge is 2.14. The van der Waals surface area contributed by atoms with E-state index in [4.69, 9.17) is 5.26 Å². The first-order valence-electron chi connectivity index (χ1n) is 3.41. The summed E-state index contributed by atoms with van der Waals surface area (Å²) in [6.07, 6.45) is 1.56. The zero-order chi connectivity index (χ0) is 8.97. The van der Waals surface area contributed by atoms with Crippen molar-refractivity contribution in [2.75, 3.05) is 0 Å². The van der Waals surface area contributed by atoms with Crippen molar-refractivity contribution >= 4 is 11.7 Å². The maximum Gasteiger partial charge on any atom is 0.245 e. The van der Waals surface area contributed by atoms with Crippen molar-refractivity contribution in [2.24, 2.45) is 4.99 Å². The van der Waals surface area contributed by atoms with E-state index in [1.165, 1.54) is 6.08 Å². The lowest BCUT2D eigenvalue weighted by atomic mass is 10.4. The number of aliphatic imine (C=N–C) groups is 1. The van der Waals surface area contributed by atoms with Crippen molar-refractivity contribution in [3.05, 3.63) is 11.8 Å². The number of amidine groups is 1. The van der Waals surface area contributed by atoms with Crippen molar-refractivity contribution in [1.82, 2.24) is 10.9 Å². The Balaban J connectivity index is 2.65. The Labute approximate surface area is 69.8 Å². The minimum atomic E-state index is -0.112. The van der Waals surface area contributed by atoms with Crippen LogP contribution in [0.25, 0.3) is 0 Å². The van der Waals surface area contributed by atoms with E-state index in [0.717, 1.165) is 0 Å². The Morgan fingerprint density at radius 1 is 1.75 bits per heavy atom. The second-order valence-corrected chi connectivity index (χ2v) is 2.32. The minimum Gasteiger partial charge on any atom is -0.285 e. The molecule has 0 atom stereocenters. The van der Waals surface area contributed by atoms with Crippen LogP contribution in [0.5, 0.6) is 0 Å². The molecule has 0 aromatic heterocycles. The molecule has 0 aliphatic carbocycles. The van der Waals surface area contributed by atoms with Crippen molar-refractivity contribution in [3.8, 4) is 6.07 Å². The average molecular weight is 164 g/mol. The number of hydrogen-bond donors (Lipinski definition) is 2. The van der Waals surface area contributed by atoms with Crippen LogP contribution in [-0.2, 0) is 4.79 Å². The van der Waals surface area contributed by atoms with Crippen LogP contribution in [0.1, 0.15) is 13.3 Å². The van der Waals surface area contributed by atoms with Gasteiger partial charge in [0.05, 0.1) is 12.5 Å². The first kappa shape index (κ1) is 8.27. The number of nitrogens with zero attached hydrogens (tertiary/aromatic N) is 2. The molecule has 62 valence electrons. The Bertz CT molecular complexity index is 297. The minimum absolute atomic E-state index is 0.112. The third-order valence-corrected chi connectivity index (χ3v) is 1.26. The van der Waals surface area contributed by atoms with Gasteiger partial charge in [-0.3, -0.25) is 15.6 Å². The predicted molar refractivity (Wildman–Crippen MR) is 42.7 cm³/mol. The number of hydrogen-bond acceptors (Lipinski definition) is 3. The Morgan fingerprint density at radius 3 is 3.00 bits per heavy atom. The zero-order valence-corrected chi connectivity index (χ0v) is 6.59. The van der Waals surface area contributed by atoms with Gasteiger partial charge in [-0.1, -0.05) is 0 Å². The highest BCUT2D eigenvalue weighted by molar-refractivity contribution is 6.05. The topological polar surface area (TPSA) is 77.3 Å². The Hall–Kier alpha value is -1.83. The van der Waals surface area contributed by atoms with Crippen molar-refractivity contribution in [2.45, 2.75) is 13.3 Å². The third-order valence-electron chi connectivity index (χ3n) is 1.26. The van der Waals surface area contributed by atoms with Gasteiger partial charge in [-0.2, -0.15) is 5.26 Å². The first-order valence-corrected chi connectivity index (χ1v) is 3.41. The van der Waals surface area contributed by atoms with Crippen molar-refractivity contribution in [1.29, 1.82) is 5.26 Å². The number of carbonyl (C=O) groups is 1. The highest BCUT2D eigenvalue weighted by atomic mass is 16.2. The fraction of sp³-hybridized carbons (Fsp3) is 0.286. The van der Waals surface area contributed by atoms with E-state index in [-0.39, 0.29) is 12.3 Å². The maximum atomic E-state index is 10.7. The summed E-state index contributed by atoms with van der Waals surface area (Å²) in [5.74, 6) is 0.433. The summed E-state index contributed by atoms with van der Waals surface area (Å²) in [7, 11) is 0. The molecule has 12 heavy (non-hydrogen) atoms. The van der Waals surface area contributed by atoms with Gasteiger partial charge in [0.1, 0.15) is 5.84 Å². The standard InChI is InChI=1S/C7H8N4O/c1-5(2-3-8)9-6-4-7(12)11-10-6/h2H,4H2,1H3,(H,9,10)(H,11,12)/b5-2+. The summed E-state index contributed by atoms with van der Waals surface area (Å²) in [6, 6.07) is 1.85. The number of nitrogens with one attached hydrogen (secondary N) is 2. The number of allylic oxidation sites excluding steroid dienone is 2. The SMILES string of the molecule is C/C(=C\C#N)N=C1CC(=O)NN1. The van der Waals surface area contributed by atoms with Crippen molar-refractivity contribution < 1.29 is 4.79 Å². The smallest absolute Gasteiger partial charge is 0.245 e. The van der Waals surface area contributed by atoms with Crippen LogP contribution >= 0.6 is 0 Å². The van der Waals surface area contributed by atoms with E-state index < -0.39 is 0 Å². The molecule has 1 fully saturated rings. The second kappa shape index (κ2) is 3.53. The van der Waals surface area contributed by atoms with E-state index >= 15 is 0 Å². The molecule has 0 radical (unpaired) electrons. The molecule has 1 aliphatic heterocycles. The molecular weight excluding hydrogens is 156 g/mol. The number of hydrazine groups is 1. The monoisotopic (exact) mass is 164 g/mol. The molecule has 0 unspecified atom stereocenters. The first-order chi connectivity index (χ1) is 5.72. The predicted octanol–water partition coefficient (Wildman–Crippen LogP) is -0.163. The fourth-order valence-electron chi connectivity index (χ4n) is 0.788. The zero-order valence-electron chi connectivity index (χ0n) is 6.59. The van der Waals surface area contributed by atoms with Gasteiger partial charge in [-0.25, -0.2) is 4.99 Å². The van der Waals surface area contributed by atoms with Crippen LogP contribution in [0.4, 0.5) is 0 Å². The van der Waals surface area contributed by atoms with Crippen molar-refractivity contribution in [3.63, 3.8) is 0 Å². The fourth-order valence-corrected chi connectivity index (χ4v) is 0.788. The molecule has 1 aliphatic rings. The van der Waals surface area contributed by atoms with E-state index in [0.29, 0.717) is 11.5 Å². The van der Waals surface area contributed by atoms with Gasteiger partial charge in [-0.15, -0.1) is 0 Å². The van der Waals surface area contributed by atoms with E-state index in [1.807, 2.05) is 6.07 Å². The number of carbonyl (C=O) groups excluding carboxylic acids is 1. The molecule has 0 saturated carbocycles. The molecule has 0 aromatic carbocycles. The molecule has 1 saturated heterocycles. The summed E-state index contributed by atoms with van der Waals surface area (Å²) >= 11 is 0. The van der Waals surface area contributed by atoms with Crippen LogP contribution in [0.3, 0.4) is 0 Å². The lowest BCUT2D eigenvalue weighted by Gasteiger charge is -1.94. The molecular formula is C7H8N4O. The molecule has 0 bridgehead atoms. The third kappa shape index (κ3) is 2.09. The molecule has 1 amide bonds. The Morgan fingerprint density at radius 2 is 2.50 bits per heavy atom. The molecule has 5 nitrogen and oxygen atoms in total. The quantitative estimate of drug-likeness (QED) is 0.528. The van der Waals surface area contributed by atoms with Gasteiger partial charge in [0.2, 0.25) is 5.91 Å². The average Bonchev–Trinajstić information content (AvgIpc) is 2.36. The normalized spacial score (nSPS) is 20.2. The lowest BCUT2D eigenvalue weighted by molar-refractivity contribution is -0.119. The van der Waals surface area contributed by atoms with Gasteiger partial charge in [0.15, 0.2) is 0 Å². The molecule has 0 aromatic rings. The molecule has 0 spiro atoms. The van der Waals surface area contributed by atoms with Gasteiger partial charge < -0.3 is 0 Å². The van der Waals surface area contributed by atoms with Crippen LogP contribution < -0.4 is 10.9 Å². The largest absolute Gasteiger partial charge is 0.285 e. The summed E-state index contributed by atoms with van der Waals surface area (Å²) < 4.78 is 0. The Kier molecular flexibility index (Phi) is 2.43. The van der Waals surface area contributed by atoms with Crippen LogP contribution in [0.2, 0.25) is 0 Å². The molecule has 5 heteroatoms. The number of amides is 1. The highest BCUT2D eigenvalue weighted by Crippen LogP contribution is 1.98. The van der Waals surface area contributed by atoms with E-state index in [2.05, 4.69) is 15.8 Å². The van der Waals surface area contributed by atoms with E-state index in [1.54, 1.807) is 6.92 Å². The second-order valence-electron chi connectivity index (χ2n) is 2.32. The van der Waals surface area contributed by atoms with Gasteiger partial charge in [0.25, 0.3) is 0 Å². The summed E-state index contributed by atoms with van der Waals surface area (Å²) in [5, 5.41) is 8.26. The lowest BCUT2D eigenvalue weighted by Crippen LogP contribution is -2.28. The van der Waals surface area contributed by atoms with Crippen LogP contribution in [0, 0.1) is 11.3 Å². The molecule has 1 rings (SSSR count). The van der Waals surface area contributed by atoms with E-state index in [9.17, 15) is 4.79 Å². The summed E-state index contributed by atoms with van der Waals surface area (Å²) in [6.45, 7) is 1.70. The molecule has 2 N–H and O–H groups in total. The van der Waals surface area contributed by atoms with Gasteiger partial charge >= 0.3 is 0 Å². The molecule has 1 heterocycles. The van der Waals surface area contributed by atoms with Gasteiger partial charge in [0, 0.05) is 11.8 Å². The number of nitriles is 1. The number of rotatable bonds is 1. The van der Waals surface area contributed by atoms with Crippen LogP contribution in [-0.4, -0.2) is 11.7 Å². The summed E-state index contributed by atoms with van der Waals surface area (Å²) in [4.78, 5) is 14.6. The maximum absolute atomic E-state index is 10.7. The van der Waals surface area contributed by atoms with Crippen LogP contribution in [0.15, 0.2) is 16.8 Å².